The minimum Gasteiger partial charge on any atom is -0.287 e. The highest BCUT2D eigenvalue weighted by Crippen LogP contribution is 2.19. The summed E-state index contributed by atoms with van der Waals surface area (Å²) in [6, 6.07) is 24.3. The summed E-state index contributed by atoms with van der Waals surface area (Å²) in [7, 11) is 0. The molecule has 0 aliphatic rings. The molecular formula is C22H18NO+. The summed E-state index contributed by atoms with van der Waals surface area (Å²) in [5.74, 6) is 0.130. The van der Waals surface area contributed by atoms with E-state index in [0.29, 0.717) is 6.54 Å². The van der Waals surface area contributed by atoms with Crippen LogP contribution in [0.4, 0.5) is 0 Å². The highest BCUT2D eigenvalue weighted by atomic mass is 16.1. The fourth-order valence-electron chi connectivity index (χ4n) is 3.25. The minimum atomic E-state index is 0.130. The number of aryl methyl sites for hydroxylation is 1. The number of nitrogens with zero attached hydrogens (tertiary/aromatic N) is 1. The molecule has 4 rings (SSSR count). The Labute approximate surface area is 141 Å². The molecule has 1 heterocycles. The molecule has 2 heteroatoms. The lowest BCUT2D eigenvalue weighted by molar-refractivity contribution is -0.657. The predicted molar refractivity (Wildman–Crippen MR) is 97.2 cm³/mol. The van der Waals surface area contributed by atoms with E-state index in [1.54, 1.807) is 0 Å². The van der Waals surface area contributed by atoms with Gasteiger partial charge in [0.05, 0.1) is 0 Å². The van der Waals surface area contributed by atoms with Crippen molar-refractivity contribution in [3.63, 3.8) is 0 Å². The van der Waals surface area contributed by atoms with E-state index in [-0.39, 0.29) is 5.78 Å². The van der Waals surface area contributed by atoms with Crippen LogP contribution in [-0.2, 0) is 6.54 Å². The maximum atomic E-state index is 12.9. The normalized spacial score (nSPS) is 11.0. The molecule has 1 aromatic heterocycles. The molecule has 0 unspecified atom stereocenters. The molecule has 24 heavy (non-hydrogen) atoms. The van der Waals surface area contributed by atoms with Gasteiger partial charge in [-0.25, -0.2) is 0 Å². The number of hydrogen-bond acceptors (Lipinski definition) is 1. The molecule has 0 radical (unpaired) electrons. The Hall–Kier alpha value is -3.00. The minimum absolute atomic E-state index is 0.130. The van der Waals surface area contributed by atoms with E-state index < -0.39 is 0 Å². The zero-order valence-corrected chi connectivity index (χ0v) is 13.6. The zero-order valence-electron chi connectivity index (χ0n) is 13.6. The fourth-order valence-corrected chi connectivity index (χ4v) is 3.25. The number of fused-ring (bicyclic) bond motifs is 2. The maximum Gasteiger partial charge on any atom is 0.228 e. The summed E-state index contributed by atoms with van der Waals surface area (Å²) in [6.45, 7) is 2.42. The van der Waals surface area contributed by atoms with Gasteiger partial charge in [-0.3, -0.25) is 4.79 Å². The van der Waals surface area contributed by atoms with Gasteiger partial charge in [0, 0.05) is 23.1 Å². The van der Waals surface area contributed by atoms with Crippen LogP contribution in [-0.4, -0.2) is 5.78 Å². The Balaban J connectivity index is 1.77. The van der Waals surface area contributed by atoms with Gasteiger partial charge in [-0.2, -0.15) is 4.57 Å². The molecule has 0 saturated heterocycles. The van der Waals surface area contributed by atoms with Crippen LogP contribution in [0.2, 0.25) is 0 Å². The van der Waals surface area contributed by atoms with Gasteiger partial charge in [-0.05, 0) is 29.8 Å². The van der Waals surface area contributed by atoms with Crippen LogP contribution in [0.5, 0.6) is 0 Å². The first-order valence-corrected chi connectivity index (χ1v) is 8.12. The van der Waals surface area contributed by atoms with Gasteiger partial charge in [0.25, 0.3) is 0 Å². The highest BCUT2D eigenvalue weighted by molar-refractivity contribution is 6.07. The third-order valence-electron chi connectivity index (χ3n) is 4.44. The molecule has 0 amide bonds. The van der Waals surface area contributed by atoms with Crippen LogP contribution in [0.25, 0.3) is 21.7 Å². The zero-order chi connectivity index (χ0) is 16.5. The lowest BCUT2D eigenvalue weighted by atomic mass is 10.0. The van der Waals surface area contributed by atoms with Crippen molar-refractivity contribution in [1.29, 1.82) is 0 Å². The largest absolute Gasteiger partial charge is 0.287 e. The molecule has 0 bridgehead atoms. The number of carbonyl (C=O) groups is 1. The number of pyridine rings is 1. The number of carbonyl (C=O) groups excluding carboxylic acids is 1. The molecule has 2 nitrogen and oxygen atoms in total. The van der Waals surface area contributed by atoms with E-state index in [1.807, 2.05) is 59.3 Å². The molecule has 0 saturated carbocycles. The topological polar surface area (TPSA) is 20.9 Å². The number of aromatic nitrogens is 1. The molecule has 0 spiro atoms. The summed E-state index contributed by atoms with van der Waals surface area (Å²) in [4.78, 5) is 12.9. The quantitative estimate of drug-likeness (QED) is 0.404. The molecule has 3 aromatic carbocycles. The molecular weight excluding hydrogens is 294 g/mol. The molecule has 4 aromatic rings. The van der Waals surface area contributed by atoms with Crippen molar-refractivity contribution in [3.8, 4) is 0 Å². The van der Waals surface area contributed by atoms with E-state index >= 15 is 0 Å². The summed E-state index contributed by atoms with van der Waals surface area (Å²) in [5.41, 5.74) is 3.09. The van der Waals surface area contributed by atoms with Crippen molar-refractivity contribution < 1.29 is 9.36 Å². The molecule has 0 aliphatic carbocycles. The van der Waals surface area contributed by atoms with Gasteiger partial charge >= 0.3 is 0 Å². The first-order valence-electron chi connectivity index (χ1n) is 8.12. The Morgan fingerprint density at radius 2 is 1.67 bits per heavy atom. The smallest absolute Gasteiger partial charge is 0.228 e. The van der Waals surface area contributed by atoms with Crippen molar-refractivity contribution in [3.05, 3.63) is 90.1 Å². The van der Waals surface area contributed by atoms with E-state index in [4.69, 9.17) is 0 Å². The standard InChI is InChI=1S/C22H18NO/c1-16-11-12-21-18(14-16)8-5-13-23(21)15-22(24)20-10-4-7-17-6-2-3-9-19(17)20/h2-14H,15H2,1H3/q+1. The molecule has 0 atom stereocenters. The summed E-state index contributed by atoms with van der Waals surface area (Å²) in [5, 5.41) is 3.27. The Bertz CT molecular complexity index is 1060. The van der Waals surface area contributed by atoms with E-state index in [2.05, 4.69) is 31.2 Å². The predicted octanol–water partition coefficient (Wildman–Crippen LogP) is 4.47. The highest BCUT2D eigenvalue weighted by Gasteiger charge is 2.17. The third kappa shape index (κ3) is 2.56. The maximum absolute atomic E-state index is 12.9. The second-order valence-corrected chi connectivity index (χ2v) is 6.15. The fraction of sp³-hybridized carbons (Fsp3) is 0.0909. The van der Waals surface area contributed by atoms with Crippen molar-refractivity contribution in [2.24, 2.45) is 0 Å². The molecule has 0 fully saturated rings. The second kappa shape index (κ2) is 5.89. The van der Waals surface area contributed by atoms with Crippen molar-refractivity contribution in [2.75, 3.05) is 0 Å². The first-order chi connectivity index (χ1) is 11.7. The van der Waals surface area contributed by atoms with Crippen molar-refractivity contribution in [1.82, 2.24) is 0 Å². The third-order valence-corrected chi connectivity index (χ3v) is 4.44. The van der Waals surface area contributed by atoms with E-state index in [9.17, 15) is 4.79 Å². The van der Waals surface area contributed by atoms with E-state index in [1.165, 1.54) is 5.56 Å². The lowest BCUT2D eigenvalue weighted by Crippen LogP contribution is -2.38. The lowest BCUT2D eigenvalue weighted by Gasteiger charge is -2.05. The Morgan fingerprint density at radius 3 is 2.58 bits per heavy atom. The molecule has 116 valence electrons. The van der Waals surface area contributed by atoms with Crippen LogP contribution in [0, 0.1) is 6.92 Å². The monoisotopic (exact) mass is 312 g/mol. The summed E-state index contributed by atoms with van der Waals surface area (Å²) < 4.78 is 2.03. The van der Waals surface area contributed by atoms with Gasteiger partial charge in [0.2, 0.25) is 17.8 Å². The molecule has 0 aliphatic heterocycles. The van der Waals surface area contributed by atoms with Gasteiger partial charge < -0.3 is 0 Å². The average Bonchev–Trinajstić information content (AvgIpc) is 2.61. The van der Waals surface area contributed by atoms with Crippen LogP contribution < -0.4 is 4.57 Å². The number of rotatable bonds is 3. The number of Topliss-reactive ketones (excluding diaryl/α,β-unsaturated/α-hetero) is 1. The second-order valence-electron chi connectivity index (χ2n) is 6.15. The van der Waals surface area contributed by atoms with Crippen LogP contribution in [0.3, 0.4) is 0 Å². The Morgan fingerprint density at radius 1 is 0.875 bits per heavy atom. The van der Waals surface area contributed by atoms with Gasteiger partial charge in [-0.15, -0.1) is 0 Å². The van der Waals surface area contributed by atoms with Gasteiger partial charge in [0.1, 0.15) is 0 Å². The molecule has 0 N–H and O–H groups in total. The van der Waals surface area contributed by atoms with Gasteiger partial charge in [-0.1, -0.05) is 54.1 Å². The van der Waals surface area contributed by atoms with Crippen molar-refractivity contribution >= 4 is 27.5 Å². The van der Waals surface area contributed by atoms with Crippen LogP contribution >= 0.6 is 0 Å². The first kappa shape index (κ1) is 14.6. The number of benzene rings is 3. The average molecular weight is 312 g/mol. The van der Waals surface area contributed by atoms with Crippen LogP contribution in [0.15, 0.2) is 79.0 Å². The number of ketones is 1. The summed E-state index contributed by atoms with van der Waals surface area (Å²) >= 11 is 0. The Kier molecular flexibility index (Phi) is 3.58. The number of hydrogen-bond donors (Lipinski definition) is 0. The van der Waals surface area contributed by atoms with Crippen molar-refractivity contribution in [2.45, 2.75) is 13.5 Å². The van der Waals surface area contributed by atoms with E-state index in [0.717, 1.165) is 27.2 Å². The van der Waals surface area contributed by atoms with Gasteiger partial charge in [0.15, 0.2) is 6.20 Å². The van der Waals surface area contributed by atoms with Crippen LogP contribution in [0.1, 0.15) is 15.9 Å². The summed E-state index contributed by atoms with van der Waals surface area (Å²) in [6.07, 6.45) is 1.97. The SMILES string of the molecule is Cc1ccc2c(ccc[n+]2CC(=O)c2cccc3ccccc23)c1.